The van der Waals surface area contributed by atoms with Crippen LogP contribution in [0.4, 0.5) is 0 Å². The minimum atomic E-state index is -0.415. The Morgan fingerprint density at radius 2 is 1.84 bits per heavy atom. The van der Waals surface area contributed by atoms with Crippen molar-refractivity contribution in [2.75, 3.05) is 13.7 Å². The Hall–Kier alpha value is -1.35. The van der Waals surface area contributed by atoms with Gasteiger partial charge >= 0.3 is 5.97 Å². The van der Waals surface area contributed by atoms with Gasteiger partial charge in [0.15, 0.2) is 0 Å². The zero-order chi connectivity index (χ0) is 13.6. The van der Waals surface area contributed by atoms with E-state index in [2.05, 4.69) is 0 Å². The predicted molar refractivity (Wildman–Crippen MR) is 73.6 cm³/mol. The molecule has 0 bridgehead atoms. The summed E-state index contributed by atoms with van der Waals surface area (Å²) in [7, 11) is 1.65. The van der Waals surface area contributed by atoms with Crippen molar-refractivity contribution in [3.05, 3.63) is 35.9 Å². The first-order valence-electron chi connectivity index (χ1n) is 6.97. The van der Waals surface area contributed by atoms with E-state index in [0.717, 1.165) is 31.2 Å². The Kier molecular flexibility index (Phi) is 4.97. The van der Waals surface area contributed by atoms with Gasteiger partial charge < -0.3 is 9.47 Å². The fraction of sp³-hybridized carbons (Fsp3) is 0.562. The van der Waals surface area contributed by atoms with Crippen molar-refractivity contribution < 1.29 is 14.3 Å². The van der Waals surface area contributed by atoms with Gasteiger partial charge in [0.25, 0.3) is 0 Å². The van der Waals surface area contributed by atoms with Crippen molar-refractivity contribution in [3.8, 4) is 0 Å². The molecule has 0 unspecified atom stereocenters. The maximum atomic E-state index is 12.4. The number of ether oxygens (including phenoxy) is 2. The van der Waals surface area contributed by atoms with Gasteiger partial charge in [-0.3, -0.25) is 4.79 Å². The minimum Gasteiger partial charge on any atom is -0.460 e. The van der Waals surface area contributed by atoms with Crippen LogP contribution in [0.15, 0.2) is 30.3 Å². The number of rotatable bonds is 5. The number of carbonyl (C=O) groups is 1. The van der Waals surface area contributed by atoms with Crippen molar-refractivity contribution in [2.24, 2.45) is 5.41 Å². The predicted octanol–water partition coefficient (Wildman–Crippen LogP) is 3.33. The summed E-state index contributed by atoms with van der Waals surface area (Å²) in [5.74, 6) is -0.0992. The van der Waals surface area contributed by atoms with Crippen LogP contribution >= 0.6 is 0 Å². The van der Waals surface area contributed by atoms with Crippen LogP contribution in [0.5, 0.6) is 0 Å². The van der Waals surface area contributed by atoms with Gasteiger partial charge in [-0.15, -0.1) is 0 Å². The summed E-state index contributed by atoms with van der Waals surface area (Å²) in [6.07, 6.45) is 5.15. The van der Waals surface area contributed by atoms with E-state index in [1.54, 1.807) is 7.11 Å². The van der Waals surface area contributed by atoms with E-state index in [1.807, 2.05) is 30.3 Å². The second kappa shape index (κ2) is 6.71. The summed E-state index contributed by atoms with van der Waals surface area (Å²) in [6.45, 7) is 0.825. The van der Waals surface area contributed by atoms with Gasteiger partial charge in [-0.05, 0) is 18.4 Å². The monoisotopic (exact) mass is 262 g/mol. The first-order valence-corrected chi connectivity index (χ1v) is 6.97. The summed E-state index contributed by atoms with van der Waals surface area (Å²) in [5.41, 5.74) is 0.612. The largest absolute Gasteiger partial charge is 0.460 e. The Balaban J connectivity index is 1.96. The highest BCUT2D eigenvalue weighted by atomic mass is 16.5. The smallest absolute Gasteiger partial charge is 0.314 e. The molecule has 0 atom stereocenters. The zero-order valence-corrected chi connectivity index (χ0v) is 11.6. The number of methoxy groups -OCH3 is 1. The quantitative estimate of drug-likeness (QED) is 0.764. The Labute approximate surface area is 114 Å². The van der Waals surface area contributed by atoms with Gasteiger partial charge in [0, 0.05) is 7.11 Å². The molecule has 1 aliphatic carbocycles. The maximum absolute atomic E-state index is 12.4. The van der Waals surface area contributed by atoms with Crippen LogP contribution in [0, 0.1) is 5.41 Å². The van der Waals surface area contributed by atoms with Crippen LogP contribution in [0.2, 0.25) is 0 Å². The van der Waals surface area contributed by atoms with Gasteiger partial charge in [0.05, 0.1) is 12.0 Å². The number of hydrogen-bond acceptors (Lipinski definition) is 3. The number of benzene rings is 1. The number of esters is 1. The fourth-order valence-corrected chi connectivity index (χ4v) is 2.79. The molecule has 0 spiro atoms. The molecule has 0 N–H and O–H groups in total. The van der Waals surface area contributed by atoms with Crippen molar-refractivity contribution in [2.45, 2.75) is 38.7 Å². The molecule has 1 aliphatic rings. The summed E-state index contributed by atoms with van der Waals surface area (Å²) in [6, 6.07) is 9.80. The van der Waals surface area contributed by atoms with Crippen molar-refractivity contribution >= 4 is 5.97 Å². The van der Waals surface area contributed by atoms with E-state index in [0.29, 0.717) is 13.2 Å². The highest BCUT2D eigenvalue weighted by molar-refractivity contribution is 5.77. The van der Waals surface area contributed by atoms with E-state index in [4.69, 9.17) is 9.47 Å². The van der Waals surface area contributed by atoms with Gasteiger partial charge in [-0.1, -0.05) is 49.6 Å². The van der Waals surface area contributed by atoms with E-state index in [9.17, 15) is 4.79 Å². The molecule has 3 heteroatoms. The molecule has 19 heavy (non-hydrogen) atoms. The molecular formula is C16H22O3. The van der Waals surface area contributed by atoms with E-state index >= 15 is 0 Å². The van der Waals surface area contributed by atoms with Crippen LogP contribution in [-0.4, -0.2) is 19.7 Å². The number of carbonyl (C=O) groups excluding carboxylic acids is 1. The molecule has 0 aromatic heterocycles. The van der Waals surface area contributed by atoms with Crippen LogP contribution in [0.1, 0.15) is 37.7 Å². The van der Waals surface area contributed by atoms with E-state index in [1.165, 1.54) is 6.42 Å². The van der Waals surface area contributed by atoms with E-state index in [-0.39, 0.29) is 5.97 Å². The minimum absolute atomic E-state index is 0.0992. The van der Waals surface area contributed by atoms with Gasteiger partial charge in [-0.25, -0.2) is 0 Å². The Morgan fingerprint density at radius 1 is 1.16 bits per heavy atom. The summed E-state index contributed by atoms with van der Waals surface area (Å²) < 4.78 is 10.8. The van der Waals surface area contributed by atoms with Crippen molar-refractivity contribution in [1.29, 1.82) is 0 Å². The molecule has 0 heterocycles. The van der Waals surface area contributed by atoms with Crippen LogP contribution in [-0.2, 0) is 20.9 Å². The molecule has 1 aromatic rings. The molecule has 0 saturated heterocycles. The molecule has 0 radical (unpaired) electrons. The second-order valence-corrected chi connectivity index (χ2v) is 5.34. The van der Waals surface area contributed by atoms with Gasteiger partial charge in [0.2, 0.25) is 0 Å². The summed E-state index contributed by atoms with van der Waals surface area (Å²) in [5, 5.41) is 0. The van der Waals surface area contributed by atoms with Gasteiger partial charge in [0.1, 0.15) is 6.61 Å². The zero-order valence-electron chi connectivity index (χ0n) is 11.6. The lowest BCUT2D eigenvalue weighted by Gasteiger charge is -2.34. The standard InChI is InChI=1S/C16H22O3/c1-18-13-16(10-6-3-7-11-16)15(17)19-12-14-8-4-2-5-9-14/h2,4-5,8-9H,3,6-7,10-13H2,1H3. The fourth-order valence-electron chi connectivity index (χ4n) is 2.79. The third-order valence-electron chi connectivity index (χ3n) is 3.88. The lowest BCUT2D eigenvalue weighted by Crippen LogP contribution is -2.39. The Morgan fingerprint density at radius 3 is 2.47 bits per heavy atom. The molecule has 0 aliphatic heterocycles. The van der Waals surface area contributed by atoms with Crippen molar-refractivity contribution in [3.63, 3.8) is 0 Å². The van der Waals surface area contributed by atoms with Crippen LogP contribution in [0.3, 0.4) is 0 Å². The van der Waals surface area contributed by atoms with Gasteiger partial charge in [-0.2, -0.15) is 0 Å². The molecule has 1 saturated carbocycles. The van der Waals surface area contributed by atoms with E-state index < -0.39 is 5.41 Å². The topological polar surface area (TPSA) is 35.5 Å². The van der Waals surface area contributed by atoms with Crippen molar-refractivity contribution in [1.82, 2.24) is 0 Å². The summed E-state index contributed by atoms with van der Waals surface area (Å²) >= 11 is 0. The molecule has 104 valence electrons. The highest BCUT2D eigenvalue weighted by Gasteiger charge is 2.41. The van der Waals surface area contributed by atoms with Crippen LogP contribution in [0.25, 0.3) is 0 Å². The molecule has 1 fully saturated rings. The lowest BCUT2D eigenvalue weighted by molar-refractivity contribution is -0.163. The first-order chi connectivity index (χ1) is 9.27. The maximum Gasteiger partial charge on any atom is 0.314 e. The normalized spacial score (nSPS) is 17.9. The second-order valence-electron chi connectivity index (χ2n) is 5.34. The van der Waals surface area contributed by atoms with Crippen LogP contribution < -0.4 is 0 Å². The molecule has 2 rings (SSSR count). The average Bonchev–Trinajstić information content (AvgIpc) is 2.47. The number of hydrogen-bond donors (Lipinski definition) is 0. The summed E-state index contributed by atoms with van der Waals surface area (Å²) in [4.78, 5) is 12.4. The third kappa shape index (κ3) is 3.57. The molecular weight excluding hydrogens is 240 g/mol. The first kappa shape index (κ1) is 14.1. The molecule has 0 amide bonds. The average molecular weight is 262 g/mol. The third-order valence-corrected chi connectivity index (χ3v) is 3.88. The SMILES string of the molecule is COCC1(C(=O)OCc2ccccc2)CCCCC1. The highest BCUT2D eigenvalue weighted by Crippen LogP contribution is 2.37. The molecule has 1 aromatic carbocycles. The Bertz CT molecular complexity index is 388. The lowest BCUT2D eigenvalue weighted by atomic mass is 9.74. The molecule has 3 nitrogen and oxygen atoms in total.